The van der Waals surface area contributed by atoms with Crippen molar-refractivity contribution in [3.05, 3.63) is 42.0 Å². The fraction of sp³-hybridized carbons (Fsp3) is 0.407. The largest absolute Gasteiger partial charge is 0.479 e. The molecule has 0 unspecified atom stereocenters. The topological polar surface area (TPSA) is 198 Å². The van der Waals surface area contributed by atoms with Crippen molar-refractivity contribution in [2.75, 3.05) is 25.0 Å². The highest BCUT2D eigenvalue weighted by atomic mass is 16.7. The fourth-order valence-electron chi connectivity index (χ4n) is 3.92. The van der Waals surface area contributed by atoms with Crippen LogP contribution in [-0.4, -0.2) is 88.9 Å². The van der Waals surface area contributed by atoms with Crippen LogP contribution in [0.25, 0.3) is 6.08 Å². The number of hydrogen-bond acceptors (Lipinski definition) is 10. The van der Waals surface area contributed by atoms with Gasteiger partial charge in [-0.3, -0.25) is 28.9 Å². The maximum absolute atomic E-state index is 12.7. The minimum absolute atomic E-state index is 0.0118. The Morgan fingerprint density at radius 2 is 1.83 bits per heavy atom. The number of aliphatic carboxylic acids is 1. The van der Waals surface area contributed by atoms with E-state index in [1.807, 2.05) is 0 Å². The van der Waals surface area contributed by atoms with E-state index in [1.54, 1.807) is 24.3 Å². The van der Waals surface area contributed by atoms with Crippen molar-refractivity contribution in [3.63, 3.8) is 0 Å². The quantitative estimate of drug-likeness (QED) is 0.188. The monoisotopic (exact) mass is 573 g/mol. The molecule has 2 aliphatic rings. The van der Waals surface area contributed by atoms with Gasteiger partial charge in [-0.2, -0.15) is 0 Å². The zero-order chi connectivity index (χ0) is 29.9. The number of carbonyl (C=O) groups is 6. The number of ether oxygens (including phenoxy) is 3. The van der Waals surface area contributed by atoms with Crippen LogP contribution in [0.1, 0.15) is 38.2 Å². The Bertz CT molecular complexity index is 1220. The summed E-state index contributed by atoms with van der Waals surface area (Å²) in [6.45, 7) is 1.21. The van der Waals surface area contributed by atoms with Crippen LogP contribution in [0.2, 0.25) is 0 Å². The molecule has 0 saturated carbocycles. The molecule has 14 heteroatoms. The number of carboxylic acids is 1. The highest BCUT2D eigenvalue weighted by Crippen LogP contribution is 2.31. The van der Waals surface area contributed by atoms with Gasteiger partial charge in [-0.05, 0) is 23.8 Å². The van der Waals surface area contributed by atoms with Crippen molar-refractivity contribution in [1.82, 2.24) is 10.2 Å². The van der Waals surface area contributed by atoms with Gasteiger partial charge in [-0.15, -0.1) is 0 Å². The molecular formula is C27H31N3O11. The molecule has 14 nitrogen and oxygen atoms in total. The third-order valence-electron chi connectivity index (χ3n) is 5.91. The first-order chi connectivity index (χ1) is 19.5. The molecule has 4 N–H and O–H groups in total. The van der Waals surface area contributed by atoms with Crippen molar-refractivity contribution in [1.29, 1.82) is 0 Å². The lowest BCUT2D eigenvalue weighted by Gasteiger charge is -2.31. The van der Waals surface area contributed by atoms with Gasteiger partial charge >= 0.3 is 11.9 Å². The van der Waals surface area contributed by atoms with Crippen molar-refractivity contribution >= 4 is 47.3 Å². The first-order valence-corrected chi connectivity index (χ1v) is 12.8. The van der Waals surface area contributed by atoms with Gasteiger partial charge in [0.25, 0.3) is 11.8 Å². The molecule has 0 spiro atoms. The van der Waals surface area contributed by atoms with Gasteiger partial charge in [0, 0.05) is 57.8 Å². The van der Waals surface area contributed by atoms with E-state index in [-0.39, 0.29) is 56.8 Å². The van der Waals surface area contributed by atoms with Crippen molar-refractivity contribution in [2.45, 2.75) is 51.1 Å². The number of aliphatic hydroxyl groups is 1. The summed E-state index contributed by atoms with van der Waals surface area (Å²) < 4.78 is 16.1. The number of rotatable bonds is 13. The van der Waals surface area contributed by atoms with Crippen molar-refractivity contribution in [3.8, 4) is 5.75 Å². The molecule has 0 aromatic heterocycles. The van der Waals surface area contributed by atoms with Gasteiger partial charge in [0.15, 0.2) is 6.10 Å². The van der Waals surface area contributed by atoms with Crippen LogP contribution < -0.4 is 15.4 Å². The average Bonchev–Trinajstić information content (AvgIpc) is 3.23. The average molecular weight is 574 g/mol. The summed E-state index contributed by atoms with van der Waals surface area (Å²) >= 11 is 0. The number of nitrogens with zero attached hydrogens (tertiary/aromatic N) is 1. The molecule has 2 aliphatic heterocycles. The molecule has 220 valence electrons. The first kappa shape index (κ1) is 31.0. The Morgan fingerprint density at radius 1 is 1.10 bits per heavy atom. The Kier molecular flexibility index (Phi) is 11.1. The Labute approximate surface area is 234 Å². The summed E-state index contributed by atoms with van der Waals surface area (Å²) in [4.78, 5) is 71.2. The van der Waals surface area contributed by atoms with E-state index in [0.29, 0.717) is 5.56 Å². The number of amides is 4. The third-order valence-corrected chi connectivity index (χ3v) is 5.91. The van der Waals surface area contributed by atoms with Crippen LogP contribution in [0.3, 0.4) is 0 Å². The molecule has 41 heavy (non-hydrogen) atoms. The highest BCUT2D eigenvalue weighted by Gasteiger charge is 2.34. The summed E-state index contributed by atoms with van der Waals surface area (Å²) in [6.07, 6.45) is 1.86. The molecule has 1 aromatic rings. The number of anilines is 1. The SMILES string of the molecule is CC(=O)OC/C=C/c1ccc(O[C@H]2C[C@@H](O)C[C@@H](C(=O)O)O2)c(NC(=O)CCNC(=O)CCN2C(=O)C=CC2=O)c1. The van der Waals surface area contributed by atoms with E-state index in [9.17, 15) is 39.0 Å². The van der Waals surface area contributed by atoms with E-state index in [0.717, 1.165) is 17.1 Å². The molecule has 3 rings (SSSR count). The van der Waals surface area contributed by atoms with Gasteiger partial charge in [0.2, 0.25) is 18.1 Å². The van der Waals surface area contributed by atoms with Crippen LogP contribution in [0.15, 0.2) is 36.4 Å². The number of nitrogens with one attached hydrogen (secondary N) is 2. The predicted octanol–water partition coefficient (Wildman–Crippen LogP) is 0.352. The molecule has 1 aromatic carbocycles. The summed E-state index contributed by atoms with van der Waals surface area (Å²) in [5.41, 5.74) is 0.826. The van der Waals surface area contributed by atoms with E-state index >= 15 is 0 Å². The van der Waals surface area contributed by atoms with Gasteiger partial charge in [0.1, 0.15) is 12.4 Å². The van der Waals surface area contributed by atoms with Crippen LogP contribution in [0.4, 0.5) is 5.69 Å². The molecule has 0 aliphatic carbocycles. The molecule has 2 heterocycles. The third kappa shape index (κ3) is 9.85. The second kappa shape index (κ2) is 14.7. The second-order valence-electron chi connectivity index (χ2n) is 9.16. The Hall–Kier alpha value is -4.56. The van der Waals surface area contributed by atoms with Gasteiger partial charge in [0.05, 0.1) is 11.8 Å². The van der Waals surface area contributed by atoms with E-state index in [1.165, 1.54) is 13.0 Å². The van der Waals surface area contributed by atoms with E-state index < -0.39 is 54.1 Å². The number of aliphatic hydroxyl groups excluding tert-OH is 1. The summed E-state index contributed by atoms with van der Waals surface area (Å²) in [5, 5.41) is 24.6. The maximum atomic E-state index is 12.7. The normalized spacial score (nSPS) is 20.2. The molecule has 3 atom stereocenters. The lowest BCUT2D eigenvalue weighted by atomic mass is 10.1. The van der Waals surface area contributed by atoms with Crippen LogP contribution >= 0.6 is 0 Å². The zero-order valence-electron chi connectivity index (χ0n) is 22.2. The number of carbonyl (C=O) groups excluding carboxylic acids is 5. The molecule has 1 saturated heterocycles. The molecular weight excluding hydrogens is 542 g/mol. The van der Waals surface area contributed by atoms with Gasteiger partial charge in [-0.1, -0.05) is 12.1 Å². The minimum atomic E-state index is -1.26. The lowest BCUT2D eigenvalue weighted by Crippen LogP contribution is -2.42. The van der Waals surface area contributed by atoms with Crippen molar-refractivity contribution in [2.24, 2.45) is 0 Å². The summed E-state index contributed by atoms with van der Waals surface area (Å²) in [6, 6.07) is 4.75. The first-order valence-electron chi connectivity index (χ1n) is 12.8. The highest BCUT2D eigenvalue weighted by molar-refractivity contribution is 6.13. The van der Waals surface area contributed by atoms with Crippen LogP contribution in [0, 0.1) is 0 Å². The van der Waals surface area contributed by atoms with Gasteiger partial charge in [-0.25, -0.2) is 4.79 Å². The number of benzene rings is 1. The molecule has 0 radical (unpaired) electrons. The van der Waals surface area contributed by atoms with Crippen LogP contribution in [0.5, 0.6) is 5.75 Å². The van der Waals surface area contributed by atoms with Crippen molar-refractivity contribution < 1.29 is 53.2 Å². The smallest absolute Gasteiger partial charge is 0.333 e. The van der Waals surface area contributed by atoms with E-state index in [2.05, 4.69) is 10.6 Å². The maximum Gasteiger partial charge on any atom is 0.333 e. The Morgan fingerprint density at radius 3 is 2.51 bits per heavy atom. The standard InChI is InChI=1S/C27H31N3O11/c1-16(31)39-12-2-3-17-4-5-20(40-26-15-18(32)14-21(41-26)27(37)38)19(13-17)29-23(34)8-10-28-22(33)9-11-30-24(35)6-7-25(30)36/h2-7,13,18,21,26,32H,8-12,14-15H2,1H3,(H,28,33)(H,29,34)(H,37,38)/b3-2+/t18-,21-,26+/m0/s1. The van der Waals surface area contributed by atoms with Gasteiger partial charge < -0.3 is 35.1 Å². The lowest BCUT2D eigenvalue weighted by molar-refractivity contribution is -0.195. The number of imide groups is 1. The molecule has 4 amide bonds. The van der Waals surface area contributed by atoms with E-state index in [4.69, 9.17) is 14.2 Å². The summed E-state index contributed by atoms with van der Waals surface area (Å²) in [5.74, 6) is -3.45. The Balaban J connectivity index is 1.60. The molecule has 1 fully saturated rings. The fourth-order valence-corrected chi connectivity index (χ4v) is 3.92. The number of hydrogen-bond donors (Lipinski definition) is 4. The number of carboxylic acid groups (broad SMARTS) is 1. The predicted molar refractivity (Wildman–Crippen MR) is 141 cm³/mol. The summed E-state index contributed by atoms with van der Waals surface area (Å²) in [7, 11) is 0. The minimum Gasteiger partial charge on any atom is -0.479 e. The zero-order valence-corrected chi connectivity index (χ0v) is 22.2. The van der Waals surface area contributed by atoms with Crippen LogP contribution in [-0.2, 0) is 38.2 Å². The molecule has 0 bridgehead atoms. The number of esters is 1. The second-order valence-corrected chi connectivity index (χ2v) is 9.16.